The molecule has 0 rings (SSSR count). The molecule has 94 valence electrons. The normalized spacial score (nSPS) is 13.1. The first-order valence-electron chi connectivity index (χ1n) is 4.63. The van der Waals surface area contributed by atoms with Crippen molar-refractivity contribution < 1.29 is 22.0 Å². The van der Waals surface area contributed by atoms with E-state index in [1.54, 1.807) is 0 Å². The molecule has 1 atom stereocenters. The summed E-state index contributed by atoms with van der Waals surface area (Å²) in [5.74, 6) is 0. The molecule has 0 aliphatic carbocycles. The number of hydrogen-bond donors (Lipinski definition) is 1. The van der Waals surface area contributed by atoms with Gasteiger partial charge in [0.1, 0.15) is 0 Å². The highest BCUT2D eigenvalue weighted by Crippen LogP contribution is 2.00. The summed E-state index contributed by atoms with van der Waals surface area (Å²) in [5, 5.41) is 5.70. The summed E-state index contributed by atoms with van der Waals surface area (Å²) in [6.45, 7) is 7.19. The van der Waals surface area contributed by atoms with Gasteiger partial charge < -0.3 is 17.8 Å². The molecule has 0 saturated heterocycles. The fourth-order valence-corrected chi connectivity index (χ4v) is 2.19. The number of rotatable bonds is 6. The monoisotopic (exact) mass is 274 g/mol. The Morgan fingerprint density at radius 2 is 1.40 bits per heavy atom. The summed E-state index contributed by atoms with van der Waals surface area (Å²) < 4.78 is 33.7. The van der Waals surface area contributed by atoms with Crippen LogP contribution in [0.3, 0.4) is 0 Å². The maximum absolute atomic E-state index is 9.06. The summed E-state index contributed by atoms with van der Waals surface area (Å²) in [4.78, 5) is 0. The Bertz CT molecular complexity index is 153. The van der Waals surface area contributed by atoms with Crippen molar-refractivity contribution in [1.82, 2.24) is 0 Å². The Balaban J connectivity index is 0. The first-order chi connectivity index (χ1) is 6.91. The molecular weight excluding hydrogens is 254 g/mol. The van der Waals surface area contributed by atoms with Crippen LogP contribution in [0.25, 0.3) is 0 Å². The zero-order chi connectivity index (χ0) is 12.3. The van der Waals surface area contributed by atoms with Crippen molar-refractivity contribution in [2.75, 3.05) is 19.8 Å². The molecule has 0 aromatic carbocycles. The molecule has 0 aromatic heterocycles. The van der Waals surface area contributed by atoms with Crippen LogP contribution >= 0.6 is 0 Å². The third kappa shape index (κ3) is 14.4. The van der Waals surface area contributed by atoms with E-state index < -0.39 is 19.5 Å². The minimum atomic E-state index is -2.75. The van der Waals surface area contributed by atoms with Crippen LogP contribution in [0, 0.1) is 0 Å². The van der Waals surface area contributed by atoms with Crippen LogP contribution in [-0.4, -0.2) is 46.9 Å². The SMILES string of the molecule is CCO[Si](N)(OCC)OCC.O=S([O-])[SiH3]. The molecule has 0 saturated carbocycles. The van der Waals surface area contributed by atoms with E-state index >= 15 is 0 Å². The first kappa shape index (κ1) is 17.8. The molecule has 0 fully saturated rings. The van der Waals surface area contributed by atoms with Crippen LogP contribution in [0.5, 0.6) is 0 Å². The minimum absolute atomic E-state index is 0.265. The lowest BCUT2D eigenvalue weighted by Crippen LogP contribution is -2.55. The van der Waals surface area contributed by atoms with Gasteiger partial charge in [0, 0.05) is 19.8 Å². The van der Waals surface area contributed by atoms with Crippen LogP contribution in [0.4, 0.5) is 0 Å². The topological polar surface area (TPSA) is 93.8 Å². The average Bonchev–Trinajstić information content (AvgIpc) is 2.03. The molecule has 0 aromatic rings. The molecule has 0 radical (unpaired) electrons. The van der Waals surface area contributed by atoms with Gasteiger partial charge in [-0.05, 0) is 20.8 Å². The van der Waals surface area contributed by atoms with Crippen LogP contribution in [0.1, 0.15) is 20.8 Å². The molecule has 1 unspecified atom stereocenters. The summed E-state index contributed by atoms with van der Waals surface area (Å²) in [5.41, 5.74) is 0. The first-order valence-corrected chi connectivity index (χ1v) is 10.4. The highest BCUT2D eigenvalue weighted by molar-refractivity contribution is 8.01. The lowest BCUT2D eigenvalue weighted by Gasteiger charge is -2.22. The van der Waals surface area contributed by atoms with Gasteiger partial charge in [0.2, 0.25) is 0 Å². The van der Waals surface area contributed by atoms with Gasteiger partial charge in [0.05, 0.1) is 9.39 Å². The molecule has 2 N–H and O–H groups in total. The molecule has 0 aliphatic rings. The minimum Gasteiger partial charge on any atom is -0.778 e. The van der Waals surface area contributed by atoms with Crippen molar-refractivity contribution in [2.45, 2.75) is 20.8 Å². The predicted molar refractivity (Wildman–Crippen MR) is 63.7 cm³/mol. The molecule has 9 heteroatoms. The van der Waals surface area contributed by atoms with Gasteiger partial charge in [-0.15, -0.1) is 0 Å². The number of nitrogens with two attached hydrogens (primary N) is 1. The van der Waals surface area contributed by atoms with Crippen molar-refractivity contribution in [3.8, 4) is 0 Å². The van der Waals surface area contributed by atoms with Crippen molar-refractivity contribution in [3.05, 3.63) is 0 Å². The largest absolute Gasteiger partial charge is 0.778 e. The summed E-state index contributed by atoms with van der Waals surface area (Å²) in [6.07, 6.45) is 0. The van der Waals surface area contributed by atoms with Crippen molar-refractivity contribution in [1.29, 1.82) is 0 Å². The van der Waals surface area contributed by atoms with Crippen LogP contribution in [0.2, 0.25) is 0 Å². The van der Waals surface area contributed by atoms with Gasteiger partial charge in [-0.2, -0.15) is 0 Å². The third-order valence-electron chi connectivity index (χ3n) is 1.04. The van der Waals surface area contributed by atoms with Crippen LogP contribution in [-0.2, 0) is 23.8 Å². The van der Waals surface area contributed by atoms with Gasteiger partial charge in [0.15, 0.2) is 0 Å². The molecule has 0 bridgehead atoms. The lowest BCUT2D eigenvalue weighted by atomic mass is 10.9. The fraction of sp³-hybridized carbons (Fsp3) is 1.00. The van der Waals surface area contributed by atoms with Crippen molar-refractivity contribution in [2.24, 2.45) is 5.40 Å². The highest BCUT2D eigenvalue weighted by Gasteiger charge is 2.35. The van der Waals surface area contributed by atoms with E-state index in [9.17, 15) is 0 Å². The summed E-state index contributed by atoms with van der Waals surface area (Å²) in [6, 6.07) is 0. The van der Waals surface area contributed by atoms with Crippen LogP contribution in [0.15, 0.2) is 0 Å². The van der Waals surface area contributed by atoms with Gasteiger partial charge in [-0.25, -0.2) is 0 Å². The lowest BCUT2D eigenvalue weighted by molar-refractivity contribution is 0.0723. The molecule has 0 spiro atoms. The van der Waals surface area contributed by atoms with Crippen LogP contribution < -0.4 is 5.40 Å². The van der Waals surface area contributed by atoms with Gasteiger partial charge in [0.25, 0.3) is 0 Å². The molecule has 15 heavy (non-hydrogen) atoms. The Hall–Kier alpha value is 0.384. The van der Waals surface area contributed by atoms with E-state index in [1.807, 2.05) is 20.8 Å². The van der Waals surface area contributed by atoms with E-state index in [4.69, 9.17) is 27.4 Å². The zero-order valence-corrected chi connectivity index (χ0v) is 13.5. The highest BCUT2D eigenvalue weighted by atomic mass is 32.4. The Kier molecular flexibility index (Phi) is 12.9. The third-order valence-corrected chi connectivity index (χ3v) is 3.11. The van der Waals surface area contributed by atoms with E-state index in [1.165, 1.54) is 0 Å². The smallest absolute Gasteiger partial charge is 0.594 e. The molecule has 0 heterocycles. The standard InChI is InChI=1S/C6H17NO3Si.H4O2SSi/c1-4-8-11(7,9-5-2)10-6-3;1-3(2)4/h4-7H2,1-3H3;4H3,(H,1,2)/p-1. The Morgan fingerprint density at radius 3 is 1.53 bits per heavy atom. The second-order valence-corrected chi connectivity index (χ2v) is 7.18. The van der Waals surface area contributed by atoms with Gasteiger partial charge >= 0.3 is 8.97 Å². The molecular formula is C6H20NO5SSi2-. The number of hydrogen-bond acceptors (Lipinski definition) is 6. The second kappa shape index (κ2) is 10.9. The van der Waals surface area contributed by atoms with Crippen molar-refractivity contribution in [3.63, 3.8) is 0 Å². The van der Waals surface area contributed by atoms with E-state index in [-0.39, 0.29) is 9.39 Å². The average molecular weight is 274 g/mol. The van der Waals surface area contributed by atoms with E-state index in [0.717, 1.165) is 0 Å². The molecule has 0 amide bonds. The second-order valence-electron chi connectivity index (χ2n) is 2.30. The fourth-order valence-electron chi connectivity index (χ4n) is 0.729. The van der Waals surface area contributed by atoms with Gasteiger partial charge in [-0.3, -0.25) is 9.61 Å². The molecule has 0 aliphatic heterocycles. The zero-order valence-electron chi connectivity index (χ0n) is 9.65. The van der Waals surface area contributed by atoms with E-state index in [0.29, 0.717) is 19.8 Å². The summed E-state index contributed by atoms with van der Waals surface area (Å²) >= 11 is 0. The van der Waals surface area contributed by atoms with E-state index in [2.05, 4.69) is 0 Å². The molecule has 6 nitrogen and oxygen atoms in total. The quantitative estimate of drug-likeness (QED) is 0.475. The summed E-state index contributed by atoms with van der Waals surface area (Å²) in [7, 11) is -4.21. The van der Waals surface area contributed by atoms with Crippen molar-refractivity contribution >= 4 is 28.9 Å². The Labute approximate surface area is 97.3 Å². The van der Waals surface area contributed by atoms with Gasteiger partial charge in [-0.1, -0.05) is 10.5 Å². The maximum Gasteiger partial charge on any atom is 0.594 e. The predicted octanol–water partition coefficient (Wildman–Crippen LogP) is -1.36. The maximum atomic E-state index is 9.06. The Morgan fingerprint density at radius 1 is 1.20 bits per heavy atom.